The summed E-state index contributed by atoms with van der Waals surface area (Å²) in [6.07, 6.45) is -1.58. The fraction of sp³-hybridized carbons (Fsp3) is 0.615. The summed E-state index contributed by atoms with van der Waals surface area (Å²) >= 11 is 0. The minimum absolute atomic E-state index is 0.0534. The predicted molar refractivity (Wildman–Crippen MR) is 89.7 cm³/mol. The molecule has 2 aromatic rings. The van der Waals surface area contributed by atoms with E-state index in [1.807, 2.05) is 6.92 Å². The topological polar surface area (TPSA) is 175 Å². The van der Waals surface area contributed by atoms with Crippen molar-refractivity contribution in [3.63, 3.8) is 0 Å². The fourth-order valence-corrected chi connectivity index (χ4v) is 3.42. The van der Waals surface area contributed by atoms with E-state index in [1.54, 1.807) is 0 Å². The van der Waals surface area contributed by atoms with Gasteiger partial charge in [0.05, 0.1) is 12.9 Å². The third kappa shape index (κ3) is 3.52. The number of H-pyrrole nitrogens is 1. The lowest BCUT2D eigenvalue weighted by Gasteiger charge is -2.23. The number of nitrogens with two attached hydrogens (primary N) is 1. The number of nitrogens with one attached hydrogen (secondary N) is 1. The molecule has 26 heavy (non-hydrogen) atoms. The molecule has 0 amide bonds. The van der Waals surface area contributed by atoms with Gasteiger partial charge < -0.3 is 29.7 Å². The molecule has 1 fully saturated rings. The van der Waals surface area contributed by atoms with Gasteiger partial charge in [0.25, 0.3) is 5.56 Å². The Bertz CT molecular complexity index is 855. The van der Waals surface area contributed by atoms with Gasteiger partial charge in [-0.1, -0.05) is 6.92 Å². The molecule has 1 saturated heterocycles. The van der Waals surface area contributed by atoms with Crippen LogP contribution in [0, 0.1) is 0 Å². The fourth-order valence-electron chi connectivity index (χ4n) is 2.90. The number of imidazole rings is 1. The zero-order valence-electron chi connectivity index (χ0n) is 13.9. The second kappa shape index (κ2) is 7.82. The van der Waals surface area contributed by atoms with Crippen molar-refractivity contribution in [3.8, 4) is 0 Å². The van der Waals surface area contributed by atoms with Crippen molar-refractivity contribution in [3.05, 3.63) is 16.7 Å². The van der Waals surface area contributed by atoms with Crippen molar-refractivity contribution < 1.29 is 28.6 Å². The first kappa shape index (κ1) is 19.0. The predicted octanol–water partition coefficient (Wildman–Crippen LogP) is -0.846. The van der Waals surface area contributed by atoms with Crippen LogP contribution in [0.4, 0.5) is 5.95 Å². The van der Waals surface area contributed by atoms with Crippen LogP contribution in [-0.2, 0) is 18.6 Å². The first-order chi connectivity index (χ1) is 12.5. The third-order valence-electron chi connectivity index (χ3n) is 3.94. The molecule has 0 bridgehead atoms. The Labute approximate surface area is 147 Å². The maximum Gasteiger partial charge on any atom is 0.317 e. The Morgan fingerprint density at radius 1 is 1.50 bits per heavy atom. The van der Waals surface area contributed by atoms with E-state index in [-0.39, 0.29) is 17.1 Å². The summed E-state index contributed by atoms with van der Waals surface area (Å²) in [5, 5.41) is 9.56. The summed E-state index contributed by atoms with van der Waals surface area (Å²) in [6, 6.07) is 0. The Kier molecular flexibility index (Phi) is 5.70. The van der Waals surface area contributed by atoms with Crippen LogP contribution < -0.4 is 11.3 Å². The van der Waals surface area contributed by atoms with Crippen LogP contribution in [0.2, 0.25) is 0 Å². The number of hydrogen-bond donors (Lipinski definition) is 4. The Morgan fingerprint density at radius 3 is 2.92 bits per heavy atom. The summed E-state index contributed by atoms with van der Waals surface area (Å²) in [6.45, 7) is 1.77. The Morgan fingerprint density at radius 2 is 2.27 bits per heavy atom. The van der Waals surface area contributed by atoms with E-state index in [4.69, 9.17) is 24.6 Å². The van der Waals surface area contributed by atoms with Gasteiger partial charge in [0.2, 0.25) is 5.95 Å². The number of ether oxygens (including phenoxy) is 2. The van der Waals surface area contributed by atoms with E-state index in [2.05, 4.69) is 15.0 Å². The molecule has 0 aliphatic carbocycles. The van der Waals surface area contributed by atoms with Gasteiger partial charge in [0, 0.05) is 6.61 Å². The summed E-state index contributed by atoms with van der Waals surface area (Å²) in [5.74, 6) is -0.0970. The smallest absolute Gasteiger partial charge is 0.317 e. The highest BCUT2D eigenvalue weighted by atomic mass is 31.1. The number of aliphatic hydroxyl groups is 1. The van der Waals surface area contributed by atoms with Crippen molar-refractivity contribution in [2.45, 2.75) is 37.9 Å². The lowest BCUT2D eigenvalue weighted by Crippen LogP contribution is -2.36. The lowest BCUT2D eigenvalue weighted by atomic mass is 10.1. The molecule has 12 nitrogen and oxygen atoms in total. The van der Waals surface area contributed by atoms with Gasteiger partial charge in [-0.25, -0.2) is 4.98 Å². The van der Waals surface area contributed by atoms with Crippen LogP contribution in [-0.4, -0.2) is 61.0 Å². The number of anilines is 1. The van der Waals surface area contributed by atoms with E-state index >= 15 is 0 Å². The minimum atomic E-state index is -3.30. The largest absolute Gasteiger partial charge is 0.394 e. The average Bonchev–Trinajstić information content (AvgIpc) is 3.14. The molecular weight excluding hydrogens is 369 g/mol. The molecule has 144 valence electrons. The molecule has 5 unspecified atom stereocenters. The normalized spacial score (nSPS) is 27.2. The maximum atomic E-state index is 12.0. The maximum absolute atomic E-state index is 12.0. The number of aromatic nitrogens is 4. The summed E-state index contributed by atoms with van der Waals surface area (Å²) in [5.41, 5.74) is 5.30. The first-order valence-electron chi connectivity index (χ1n) is 7.96. The number of nitrogen functional groups attached to an aromatic ring is 1. The van der Waals surface area contributed by atoms with Crippen LogP contribution in [0.15, 0.2) is 11.1 Å². The minimum Gasteiger partial charge on any atom is -0.394 e. The molecule has 2 aromatic heterocycles. The van der Waals surface area contributed by atoms with Crippen LogP contribution in [0.25, 0.3) is 11.2 Å². The standard InChI is InChI=1S/C13H20N5O7P/c1-2-3-23-9-8(25-26(21)22)6(4-19)24-12(9)18-5-15-7-10(18)16-13(14)17-11(7)20/h5-6,8-9,12,19,26H,2-4H2,1H3,(H,21,22)(H3,14,16,17,20). The van der Waals surface area contributed by atoms with Gasteiger partial charge in [-0.05, 0) is 6.42 Å². The molecule has 5 atom stereocenters. The van der Waals surface area contributed by atoms with Crippen LogP contribution in [0.1, 0.15) is 19.6 Å². The van der Waals surface area contributed by atoms with Gasteiger partial charge >= 0.3 is 8.25 Å². The van der Waals surface area contributed by atoms with Gasteiger partial charge in [0.15, 0.2) is 17.4 Å². The van der Waals surface area contributed by atoms with Crippen molar-refractivity contribution in [2.24, 2.45) is 0 Å². The molecule has 0 aromatic carbocycles. The van der Waals surface area contributed by atoms with E-state index < -0.39 is 45.0 Å². The number of fused-ring (bicyclic) bond motifs is 1. The number of aromatic amines is 1. The van der Waals surface area contributed by atoms with E-state index in [9.17, 15) is 14.5 Å². The Balaban J connectivity index is 2.04. The number of nitrogens with zero attached hydrogens (tertiary/aromatic N) is 3. The highest BCUT2D eigenvalue weighted by Crippen LogP contribution is 2.38. The van der Waals surface area contributed by atoms with E-state index in [0.717, 1.165) is 0 Å². The second-order valence-corrected chi connectivity index (χ2v) is 6.47. The summed E-state index contributed by atoms with van der Waals surface area (Å²) in [7, 11) is -3.30. The molecule has 3 heterocycles. The SMILES string of the molecule is CCCOC1C(O[PH](=O)O)C(CO)OC1n1cnc2c(=O)[nH]c(N)nc21. The van der Waals surface area contributed by atoms with Gasteiger partial charge in [-0.3, -0.25) is 18.9 Å². The highest BCUT2D eigenvalue weighted by molar-refractivity contribution is 7.32. The number of aliphatic hydroxyl groups excluding tert-OH is 1. The molecule has 1 aliphatic heterocycles. The summed E-state index contributed by atoms with van der Waals surface area (Å²) in [4.78, 5) is 31.6. The quantitative estimate of drug-likeness (QED) is 0.437. The Hall–Kier alpha value is -1.82. The molecule has 13 heteroatoms. The first-order valence-corrected chi connectivity index (χ1v) is 9.22. The van der Waals surface area contributed by atoms with Crippen molar-refractivity contribution in [1.82, 2.24) is 19.5 Å². The highest BCUT2D eigenvalue weighted by Gasteiger charge is 2.48. The average molecular weight is 389 g/mol. The van der Waals surface area contributed by atoms with Gasteiger partial charge in [0.1, 0.15) is 18.3 Å². The monoisotopic (exact) mass is 389 g/mol. The van der Waals surface area contributed by atoms with Crippen molar-refractivity contribution in [1.29, 1.82) is 0 Å². The van der Waals surface area contributed by atoms with Crippen LogP contribution >= 0.6 is 8.25 Å². The molecule has 0 spiro atoms. The van der Waals surface area contributed by atoms with Crippen molar-refractivity contribution in [2.75, 3.05) is 18.9 Å². The van der Waals surface area contributed by atoms with E-state index in [0.29, 0.717) is 13.0 Å². The van der Waals surface area contributed by atoms with Gasteiger partial charge in [-0.15, -0.1) is 0 Å². The molecule has 0 radical (unpaired) electrons. The van der Waals surface area contributed by atoms with Crippen LogP contribution in [0.5, 0.6) is 0 Å². The van der Waals surface area contributed by atoms with Gasteiger partial charge in [-0.2, -0.15) is 4.98 Å². The zero-order chi connectivity index (χ0) is 18.8. The van der Waals surface area contributed by atoms with Crippen molar-refractivity contribution >= 4 is 25.4 Å². The number of hydrogen-bond acceptors (Lipinski definition) is 9. The molecule has 0 saturated carbocycles. The molecule has 1 aliphatic rings. The molecule has 3 rings (SSSR count). The number of rotatable bonds is 7. The molecule has 5 N–H and O–H groups in total. The summed E-state index contributed by atoms with van der Waals surface area (Å²) < 4.78 is 29.2. The van der Waals surface area contributed by atoms with E-state index in [1.165, 1.54) is 10.9 Å². The third-order valence-corrected chi connectivity index (χ3v) is 4.42. The second-order valence-electron chi connectivity index (χ2n) is 5.71. The molecular formula is C13H20N5O7P. The van der Waals surface area contributed by atoms with Crippen LogP contribution in [0.3, 0.4) is 0 Å². The lowest BCUT2D eigenvalue weighted by molar-refractivity contribution is -0.0698. The zero-order valence-corrected chi connectivity index (χ0v) is 14.9.